The van der Waals surface area contributed by atoms with Crippen LogP contribution in [-0.4, -0.2) is 35.0 Å². The van der Waals surface area contributed by atoms with Crippen LogP contribution in [0, 0.1) is 5.92 Å². The van der Waals surface area contributed by atoms with E-state index in [4.69, 9.17) is 9.15 Å². The third-order valence-electron chi connectivity index (χ3n) is 4.79. The van der Waals surface area contributed by atoms with E-state index in [1.165, 1.54) is 17.6 Å². The summed E-state index contributed by atoms with van der Waals surface area (Å²) in [6.45, 7) is 1.12. The number of carbonyl (C=O) groups is 2. The van der Waals surface area contributed by atoms with Gasteiger partial charge in [-0.15, -0.1) is 11.3 Å². The maximum atomic E-state index is 12.4. The highest BCUT2D eigenvalue weighted by Gasteiger charge is 2.28. The number of likely N-dealkylation sites (tertiary alicyclic amines) is 1. The van der Waals surface area contributed by atoms with Gasteiger partial charge in [-0.25, -0.2) is 9.78 Å². The molecule has 3 aromatic rings. The van der Waals surface area contributed by atoms with E-state index in [0.717, 1.165) is 10.6 Å². The second-order valence-corrected chi connectivity index (χ2v) is 7.73. The number of oxazole rings is 1. The Morgan fingerprint density at radius 2 is 1.97 bits per heavy atom. The first-order valence-electron chi connectivity index (χ1n) is 9.45. The number of para-hydroxylation sites is 1. The predicted octanol–water partition coefficient (Wildman–Crippen LogP) is 4.39. The number of ether oxygens (including phenoxy) is 1. The minimum atomic E-state index is -0.256. The van der Waals surface area contributed by atoms with Crippen LogP contribution in [0.2, 0.25) is 0 Å². The number of amides is 2. The first kappa shape index (κ1) is 19.2. The molecule has 2 aromatic heterocycles. The summed E-state index contributed by atoms with van der Waals surface area (Å²) in [5, 5.41) is 4.82. The Kier molecular flexibility index (Phi) is 5.90. The third kappa shape index (κ3) is 4.83. The summed E-state index contributed by atoms with van der Waals surface area (Å²) in [4.78, 5) is 31.7. The van der Waals surface area contributed by atoms with Crippen LogP contribution < -0.4 is 5.32 Å². The molecule has 0 bridgehead atoms. The lowest BCUT2D eigenvalue weighted by Crippen LogP contribution is -2.42. The van der Waals surface area contributed by atoms with Gasteiger partial charge in [0.1, 0.15) is 18.6 Å². The Labute approximate surface area is 172 Å². The number of rotatable bonds is 5. The van der Waals surface area contributed by atoms with E-state index < -0.39 is 0 Å². The number of aromatic nitrogens is 1. The van der Waals surface area contributed by atoms with Crippen molar-refractivity contribution in [2.24, 2.45) is 5.92 Å². The van der Waals surface area contributed by atoms with E-state index in [0.29, 0.717) is 37.5 Å². The van der Waals surface area contributed by atoms with Gasteiger partial charge in [0.25, 0.3) is 0 Å². The van der Waals surface area contributed by atoms with Crippen LogP contribution in [0.25, 0.3) is 10.8 Å². The van der Waals surface area contributed by atoms with Crippen LogP contribution >= 0.6 is 11.3 Å². The lowest BCUT2D eigenvalue weighted by atomic mass is 9.97. The molecule has 1 aromatic carbocycles. The van der Waals surface area contributed by atoms with Gasteiger partial charge in [-0.05, 0) is 36.4 Å². The lowest BCUT2D eigenvalue weighted by Gasteiger charge is -2.30. The molecule has 3 heterocycles. The van der Waals surface area contributed by atoms with Crippen LogP contribution in [0.1, 0.15) is 18.5 Å². The molecule has 0 atom stereocenters. The summed E-state index contributed by atoms with van der Waals surface area (Å²) in [5.74, 6) is 0.0667. The van der Waals surface area contributed by atoms with E-state index in [1.54, 1.807) is 4.90 Å². The maximum absolute atomic E-state index is 12.4. The highest BCUT2D eigenvalue weighted by atomic mass is 32.1. The lowest BCUT2D eigenvalue weighted by molar-refractivity contribution is -0.151. The molecule has 0 saturated carbocycles. The molecule has 0 spiro atoms. The van der Waals surface area contributed by atoms with Crippen molar-refractivity contribution in [3.05, 3.63) is 59.8 Å². The zero-order valence-corrected chi connectivity index (χ0v) is 16.6. The van der Waals surface area contributed by atoms with E-state index in [-0.39, 0.29) is 24.5 Å². The first-order valence-corrected chi connectivity index (χ1v) is 10.3. The normalized spacial score (nSPS) is 14.6. The third-order valence-corrected chi connectivity index (χ3v) is 5.64. The fourth-order valence-electron chi connectivity index (χ4n) is 3.19. The van der Waals surface area contributed by atoms with Gasteiger partial charge in [-0.3, -0.25) is 4.79 Å². The van der Waals surface area contributed by atoms with Crippen LogP contribution in [0.4, 0.5) is 10.5 Å². The number of thiophene rings is 1. The molecule has 8 heteroatoms. The zero-order valence-electron chi connectivity index (χ0n) is 15.7. The SMILES string of the molecule is O=C(OCc1coc(-c2cccs2)n1)C1CCN(C(=O)Nc2ccccc2)CC1. The molecule has 1 fully saturated rings. The number of nitrogens with one attached hydrogen (secondary N) is 1. The Hall–Kier alpha value is -3.13. The minimum Gasteiger partial charge on any atom is -0.459 e. The quantitative estimate of drug-likeness (QED) is 0.630. The second kappa shape index (κ2) is 8.91. The number of anilines is 1. The average Bonchev–Trinajstić information content (AvgIpc) is 3.45. The standard InChI is InChI=1S/C21H21N3O4S/c25-20(28-14-17-13-27-19(22-17)18-7-4-12-29-18)15-8-10-24(11-9-15)21(26)23-16-5-2-1-3-6-16/h1-7,12-13,15H,8-11,14H2,(H,23,26). The fraction of sp³-hybridized carbons (Fsp3) is 0.286. The molecule has 2 amide bonds. The molecule has 0 aliphatic carbocycles. The van der Waals surface area contributed by atoms with Crippen molar-refractivity contribution < 1.29 is 18.7 Å². The molecule has 7 nitrogen and oxygen atoms in total. The summed E-state index contributed by atoms with van der Waals surface area (Å²) in [6, 6.07) is 13.0. The molecule has 0 radical (unpaired) electrons. The van der Waals surface area contributed by atoms with Crippen molar-refractivity contribution in [1.29, 1.82) is 0 Å². The highest BCUT2D eigenvalue weighted by molar-refractivity contribution is 7.13. The van der Waals surface area contributed by atoms with Crippen molar-refractivity contribution in [2.45, 2.75) is 19.4 Å². The van der Waals surface area contributed by atoms with Crippen molar-refractivity contribution in [2.75, 3.05) is 18.4 Å². The van der Waals surface area contributed by atoms with Crippen molar-refractivity contribution in [3.8, 4) is 10.8 Å². The monoisotopic (exact) mass is 411 g/mol. The summed E-state index contributed by atoms with van der Waals surface area (Å²) >= 11 is 1.54. The topological polar surface area (TPSA) is 84.7 Å². The van der Waals surface area contributed by atoms with E-state index >= 15 is 0 Å². The Morgan fingerprint density at radius 1 is 1.17 bits per heavy atom. The van der Waals surface area contributed by atoms with Crippen LogP contribution in [0.15, 0.2) is 58.5 Å². The first-order chi connectivity index (χ1) is 14.2. The maximum Gasteiger partial charge on any atom is 0.321 e. The van der Waals surface area contributed by atoms with E-state index in [9.17, 15) is 9.59 Å². The number of esters is 1. The predicted molar refractivity (Wildman–Crippen MR) is 109 cm³/mol. The molecule has 150 valence electrons. The summed E-state index contributed by atoms with van der Waals surface area (Å²) < 4.78 is 10.8. The molecule has 1 N–H and O–H groups in total. The molecule has 0 unspecified atom stereocenters. The van der Waals surface area contributed by atoms with Gasteiger partial charge in [0.15, 0.2) is 0 Å². The highest BCUT2D eigenvalue weighted by Crippen LogP contribution is 2.24. The van der Waals surface area contributed by atoms with Crippen LogP contribution in [-0.2, 0) is 16.1 Å². The van der Waals surface area contributed by atoms with Crippen LogP contribution in [0.3, 0.4) is 0 Å². The van der Waals surface area contributed by atoms with Gasteiger partial charge in [-0.2, -0.15) is 0 Å². The fourth-order valence-corrected chi connectivity index (χ4v) is 3.85. The Morgan fingerprint density at radius 3 is 2.69 bits per heavy atom. The number of hydrogen-bond acceptors (Lipinski definition) is 6. The molecule has 1 aliphatic heterocycles. The minimum absolute atomic E-state index is 0.0857. The summed E-state index contributed by atoms with van der Waals surface area (Å²) in [5.41, 5.74) is 1.34. The average molecular weight is 411 g/mol. The zero-order chi connectivity index (χ0) is 20.1. The molecule has 4 rings (SSSR count). The number of urea groups is 1. The van der Waals surface area contributed by atoms with Gasteiger partial charge >= 0.3 is 12.0 Å². The number of nitrogens with zero attached hydrogens (tertiary/aromatic N) is 2. The van der Waals surface area contributed by atoms with Gasteiger partial charge < -0.3 is 19.4 Å². The Balaban J connectivity index is 1.22. The smallest absolute Gasteiger partial charge is 0.321 e. The molecule has 29 heavy (non-hydrogen) atoms. The van der Waals surface area contributed by atoms with Crippen LogP contribution in [0.5, 0.6) is 0 Å². The number of hydrogen-bond donors (Lipinski definition) is 1. The molecular weight excluding hydrogens is 390 g/mol. The molecular formula is C21H21N3O4S. The van der Waals surface area contributed by atoms with E-state index in [1.807, 2.05) is 47.8 Å². The summed E-state index contributed by atoms with van der Waals surface area (Å²) in [6.07, 6.45) is 2.68. The van der Waals surface area contributed by atoms with Gasteiger partial charge in [0.2, 0.25) is 5.89 Å². The van der Waals surface area contributed by atoms with Gasteiger partial charge in [-0.1, -0.05) is 24.3 Å². The van der Waals surface area contributed by atoms with Crippen molar-refractivity contribution in [1.82, 2.24) is 9.88 Å². The summed E-state index contributed by atoms with van der Waals surface area (Å²) in [7, 11) is 0. The van der Waals surface area contributed by atoms with Gasteiger partial charge in [0.05, 0.1) is 10.8 Å². The van der Waals surface area contributed by atoms with Crippen molar-refractivity contribution in [3.63, 3.8) is 0 Å². The van der Waals surface area contributed by atoms with Crippen molar-refractivity contribution >= 4 is 29.0 Å². The second-order valence-electron chi connectivity index (χ2n) is 6.79. The molecule has 1 aliphatic rings. The molecule has 1 saturated heterocycles. The van der Waals surface area contributed by atoms with Gasteiger partial charge in [0, 0.05) is 18.8 Å². The van der Waals surface area contributed by atoms with E-state index in [2.05, 4.69) is 10.3 Å². The number of piperidine rings is 1. The number of carbonyl (C=O) groups excluding carboxylic acids is 2. The largest absolute Gasteiger partial charge is 0.459 e. The number of benzene rings is 1. The Bertz CT molecular complexity index is 947.